The van der Waals surface area contributed by atoms with E-state index in [0.29, 0.717) is 24.7 Å². The summed E-state index contributed by atoms with van der Waals surface area (Å²) >= 11 is 0. The third-order valence-corrected chi connectivity index (χ3v) is 9.78. The predicted octanol–water partition coefficient (Wildman–Crippen LogP) is 2.02. The minimum absolute atomic E-state index is 0.0277. The lowest BCUT2D eigenvalue weighted by Gasteiger charge is -2.63. The Morgan fingerprint density at radius 2 is 1.86 bits per heavy atom. The summed E-state index contributed by atoms with van der Waals surface area (Å²) in [6.45, 7) is 5.41. The maximum Gasteiger partial charge on any atom is 0.302 e. The number of fused-ring (bicyclic) bond motifs is 5. The maximum absolute atomic E-state index is 11.6. The molecule has 0 amide bonds. The molecule has 10 atom stereocenters. The molecule has 4 rings (SSSR count). The Morgan fingerprint density at radius 1 is 1.14 bits per heavy atom. The second-order valence-electron chi connectivity index (χ2n) is 11.0. The zero-order chi connectivity index (χ0) is 21.2. The topological polar surface area (TPSA) is 107 Å². The summed E-state index contributed by atoms with van der Waals surface area (Å²) in [4.78, 5) is 11.2. The molecular weight excluding hydrogens is 372 g/mol. The molecule has 4 fully saturated rings. The fourth-order valence-corrected chi connectivity index (χ4v) is 8.28. The lowest BCUT2D eigenvalue weighted by molar-refractivity contribution is -0.225. The predicted molar refractivity (Wildman–Crippen MR) is 107 cm³/mol. The average Bonchev–Trinajstić information content (AvgIpc) is 2.91. The van der Waals surface area contributed by atoms with Gasteiger partial charge in [-0.2, -0.15) is 0 Å². The molecule has 0 spiro atoms. The van der Waals surface area contributed by atoms with E-state index >= 15 is 0 Å². The highest BCUT2D eigenvalue weighted by molar-refractivity contribution is 5.65. The van der Waals surface area contributed by atoms with Gasteiger partial charge < -0.3 is 25.2 Å². The molecule has 4 aliphatic carbocycles. The first kappa shape index (κ1) is 21.5. The zero-order valence-electron chi connectivity index (χ0n) is 18.0. The molecular formula is C23H38O6. The molecule has 4 aliphatic rings. The van der Waals surface area contributed by atoms with Crippen LogP contribution in [0.3, 0.4) is 0 Å². The van der Waals surface area contributed by atoms with Crippen molar-refractivity contribution >= 4 is 5.97 Å². The van der Waals surface area contributed by atoms with Gasteiger partial charge in [-0.25, -0.2) is 0 Å². The highest BCUT2D eigenvalue weighted by Crippen LogP contribution is 2.68. The molecule has 0 aliphatic heterocycles. The number of esters is 1. The number of hydrogen-bond acceptors (Lipinski definition) is 6. The van der Waals surface area contributed by atoms with Gasteiger partial charge in [0.25, 0.3) is 0 Å². The van der Waals surface area contributed by atoms with Crippen LogP contribution in [0, 0.1) is 34.5 Å². The number of aliphatic hydroxyl groups excluding tert-OH is 3. The molecule has 0 bridgehead atoms. The van der Waals surface area contributed by atoms with Gasteiger partial charge in [-0.3, -0.25) is 4.79 Å². The Labute approximate surface area is 173 Å². The fraction of sp³-hybridized carbons (Fsp3) is 0.957. The molecule has 4 N–H and O–H groups in total. The van der Waals surface area contributed by atoms with E-state index < -0.39 is 29.2 Å². The van der Waals surface area contributed by atoms with E-state index in [-0.39, 0.29) is 30.0 Å². The van der Waals surface area contributed by atoms with Crippen molar-refractivity contribution in [2.24, 2.45) is 34.5 Å². The summed E-state index contributed by atoms with van der Waals surface area (Å²) in [5.41, 5.74) is -1.94. The van der Waals surface area contributed by atoms with Gasteiger partial charge >= 0.3 is 5.97 Å². The Kier molecular flexibility index (Phi) is 5.33. The van der Waals surface area contributed by atoms with Crippen molar-refractivity contribution in [2.45, 2.75) is 96.1 Å². The van der Waals surface area contributed by atoms with Crippen molar-refractivity contribution in [1.29, 1.82) is 0 Å². The van der Waals surface area contributed by atoms with E-state index in [1.165, 1.54) is 6.92 Å². The van der Waals surface area contributed by atoms with Crippen molar-refractivity contribution in [2.75, 3.05) is 6.61 Å². The summed E-state index contributed by atoms with van der Waals surface area (Å²) in [5.74, 6) is 0.704. The van der Waals surface area contributed by atoms with Crippen molar-refractivity contribution in [3.63, 3.8) is 0 Å². The van der Waals surface area contributed by atoms with Crippen LogP contribution in [-0.2, 0) is 9.53 Å². The molecule has 0 aromatic heterocycles. The highest BCUT2D eigenvalue weighted by atomic mass is 16.5. The van der Waals surface area contributed by atoms with Crippen molar-refractivity contribution in [3.05, 3.63) is 0 Å². The Hall–Kier alpha value is -0.690. The minimum Gasteiger partial charge on any atom is -0.463 e. The van der Waals surface area contributed by atoms with E-state index in [2.05, 4.69) is 6.92 Å². The number of aliphatic hydroxyl groups is 4. The van der Waals surface area contributed by atoms with Crippen LogP contribution in [0.25, 0.3) is 0 Å². The van der Waals surface area contributed by atoms with E-state index in [9.17, 15) is 25.2 Å². The molecule has 6 nitrogen and oxygen atoms in total. The van der Waals surface area contributed by atoms with Crippen molar-refractivity contribution < 1.29 is 30.0 Å². The van der Waals surface area contributed by atoms with E-state index in [4.69, 9.17) is 4.74 Å². The molecule has 0 aromatic carbocycles. The summed E-state index contributed by atoms with van der Waals surface area (Å²) < 4.78 is 5.00. The second kappa shape index (κ2) is 7.18. The van der Waals surface area contributed by atoms with Crippen LogP contribution < -0.4 is 0 Å². The lowest BCUT2D eigenvalue weighted by Crippen LogP contribution is -2.64. The van der Waals surface area contributed by atoms with Crippen LogP contribution in [0.1, 0.15) is 72.1 Å². The van der Waals surface area contributed by atoms with Gasteiger partial charge in [-0.05, 0) is 80.5 Å². The number of carbonyl (C=O) groups is 1. The number of ether oxygens (including phenoxy) is 1. The van der Waals surface area contributed by atoms with Gasteiger partial charge in [0, 0.05) is 12.3 Å². The standard InChI is InChI=1S/C23H38O6/c1-13(24)29-12-19(27)23(28)9-7-17-16-5-4-14-10-15(25)6-8-21(14,2)20(16)18(26)11-22(17,23)3/h14-20,25-28H,4-12H2,1-3H3/t14-,15+,16-,17+,18-,19-,20-,21-,22+,23-/m0/s1. The van der Waals surface area contributed by atoms with Crippen LogP contribution in [0.2, 0.25) is 0 Å². The first-order valence-electron chi connectivity index (χ1n) is 11.4. The van der Waals surface area contributed by atoms with Crippen molar-refractivity contribution in [3.8, 4) is 0 Å². The fourth-order valence-electron chi connectivity index (χ4n) is 8.28. The average molecular weight is 411 g/mol. The summed E-state index contributed by atoms with van der Waals surface area (Å²) in [7, 11) is 0. The Balaban J connectivity index is 1.61. The molecule has 0 radical (unpaired) electrons. The third kappa shape index (κ3) is 3.08. The largest absolute Gasteiger partial charge is 0.463 e. The van der Waals surface area contributed by atoms with Gasteiger partial charge in [0.15, 0.2) is 0 Å². The molecule has 166 valence electrons. The smallest absolute Gasteiger partial charge is 0.302 e. The van der Waals surface area contributed by atoms with Gasteiger partial charge in [-0.15, -0.1) is 0 Å². The first-order chi connectivity index (χ1) is 13.5. The van der Waals surface area contributed by atoms with Gasteiger partial charge in [0.1, 0.15) is 12.7 Å². The normalized spacial score (nSPS) is 52.8. The Morgan fingerprint density at radius 3 is 2.55 bits per heavy atom. The summed E-state index contributed by atoms with van der Waals surface area (Å²) in [6, 6.07) is 0. The van der Waals surface area contributed by atoms with E-state index in [0.717, 1.165) is 38.5 Å². The van der Waals surface area contributed by atoms with Gasteiger partial charge in [0.2, 0.25) is 0 Å². The van der Waals surface area contributed by atoms with E-state index in [1.54, 1.807) is 0 Å². The summed E-state index contributed by atoms with van der Waals surface area (Å²) in [6.07, 6.45) is 4.48. The second-order valence-corrected chi connectivity index (χ2v) is 11.0. The number of rotatable bonds is 3. The Bertz CT molecular complexity index is 653. The highest BCUT2D eigenvalue weighted by Gasteiger charge is 2.68. The molecule has 0 saturated heterocycles. The van der Waals surface area contributed by atoms with Crippen LogP contribution >= 0.6 is 0 Å². The monoisotopic (exact) mass is 410 g/mol. The quantitative estimate of drug-likeness (QED) is 0.530. The van der Waals surface area contributed by atoms with Crippen LogP contribution in [0.5, 0.6) is 0 Å². The van der Waals surface area contributed by atoms with Crippen LogP contribution in [0.4, 0.5) is 0 Å². The SMILES string of the molecule is CC(=O)OC[C@H](O)[C@@]1(O)CC[C@@H]2[C@@H]3CC[C@H]4C[C@H](O)CC[C@]4(C)[C@@H]3[C@@H](O)C[C@]21C. The van der Waals surface area contributed by atoms with Gasteiger partial charge in [0.05, 0.1) is 17.8 Å². The van der Waals surface area contributed by atoms with E-state index in [1.807, 2.05) is 6.92 Å². The molecule has 6 heteroatoms. The minimum atomic E-state index is -1.36. The molecule has 29 heavy (non-hydrogen) atoms. The number of carbonyl (C=O) groups excluding carboxylic acids is 1. The van der Waals surface area contributed by atoms with Crippen molar-refractivity contribution in [1.82, 2.24) is 0 Å². The maximum atomic E-state index is 11.6. The molecule has 0 aromatic rings. The molecule has 4 saturated carbocycles. The van der Waals surface area contributed by atoms with Crippen LogP contribution in [-0.4, -0.2) is 56.9 Å². The lowest BCUT2D eigenvalue weighted by atomic mass is 9.43. The molecule has 0 unspecified atom stereocenters. The van der Waals surface area contributed by atoms with Crippen LogP contribution in [0.15, 0.2) is 0 Å². The number of hydrogen-bond donors (Lipinski definition) is 4. The van der Waals surface area contributed by atoms with Gasteiger partial charge in [-0.1, -0.05) is 13.8 Å². The summed E-state index contributed by atoms with van der Waals surface area (Å²) in [5, 5.41) is 43.9. The third-order valence-electron chi connectivity index (χ3n) is 9.78. The first-order valence-corrected chi connectivity index (χ1v) is 11.4. The molecule has 0 heterocycles. The zero-order valence-corrected chi connectivity index (χ0v) is 18.0.